The van der Waals surface area contributed by atoms with Crippen molar-refractivity contribution in [3.8, 4) is 0 Å². The summed E-state index contributed by atoms with van der Waals surface area (Å²) >= 11 is 0. The Bertz CT molecular complexity index is 1280. The van der Waals surface area contributed by atoms with E-state index in [9.17, 15) is 9.59 Å². The number of nitrogens with zero attached hydrogens (tertiary/aromatic N) is 2. The van der Waals surface area contributed by atoms with Crippen molar-refractivity contribution in [3.63, 3.8) is 0 Å². The molecule has 1 aromatic heterocycles. The van der Waals surface area contributed by atoms with Crippen LogP contribution in [-0.4, -0.2) is 27.9 Å². The van der Waals surface area contributed by atoms with Crippen LogP contribution in [0.25, 0.3) is 10.9 Å². The van der Waals surface area contributed by atoms with E-state index in [1.54, 1.807) is 11.5 Å². The van der Waals surface area contributed by atoms with E-state index < -0.39 is 5.54 Å². The summed E-state index contributed by atoms with van der Waals surface area (Å²) in [6.07, 6.45) is 3.09. The SMILES string of the molecule is CC(=O)n1cc([C@H]2CC(C)=C(C)C[C@@]23N=C(c2ccccc2)OC3=O)c2ccccc21. The number of benzene rings is 2. The van der Waals surface area contributed by atoms with E-state index >= 15 is 0 Å². The summed E-state index contributed by atoms with van der Waals surface area (Å²) in [7, 11) is 0. The average molecular weight is 412 g/mol. The molecule has 0 saturated heterocycles. The molecule has 0 N–H and O–H groups in total. The van der Waals surface area contributed by atoms with Crippen LogP contribution in [0.5, 0.6) is 0 Å². The first-order valence-electron chi connectivity index (χ1n) is 10.5. The Balaban J connectivity index is 1.73. The number of aromatic nitrogens is 1. The van der Waals surface area contributed by atoms with Crippen molar-refractivity contribution in [2.75, 3.05) is 0 Å². The highest BCUT2D eigenvalue weighted by Gasteiger charge is 2.55. The number of rotatable bonds is 2. The van der Waals surface area contributed by atoms with Crippen LogP contribution >= 0.6 is 0 Å². The maximum absolute atomic E-state index is 13.4. The molecule has 0 fully saturated rings. The van der Waals surface area contributed by atoms with Gasteiger partial charge >= 0.3 is 5.97 Å². The van der Waals surface area contributed by atoms with E-state index in [4.69, 9.17) is 9.73 Å². The molecular formula is C26H24N2O3. The Morgan fingerprint density at radius 3 is 2.52 bits per heavy atom. The lowest BCUT2D eigenvalue weighted by Crippen LogP contribution is -2.43. The first kappa shape index (κ1) is 19.5. The van der Waals surface area contributed by atoms with Gasteiger partial charge in [0.2, 0.25) is 11.8 Å². The van der Waals surface area contributed by atoms with Crippen LogP contribution in [0.1, 0.15) is 55.5 Å². The second-order valence-corrected chi connectivity index (χ2v) is 8.58. The van der Waals surface area contributed by atoms with Gasteiger partial charge in [0, 0.05) is 36.4 Å². The lowest BCUT2D eigenvalue weighted by atomic mass is 9.68. The third-order valence-corrected chi connectivity index (χ3v) is 6.67. The second kappa shape index (κ2) is 7.05. The molecule has 2 atom stereocenters. The van der Waals surface area contributed by atoms with E-state index in [2.05, 4.69) is 13.8 Å². The van der Waals surface area contributed by atoms with Gasteiger partial charge in [-0.25, -0.2) is 9.79 Å². The second-order valence-electron chi connectivity index (χ2n) is 8.58. The Labute approximate surface area is 181 Å². The van der Waals surface area contributed by atoms with Gasteiger partial charge in [-0.3, -0.25) is 9.36 Å². The minimum atomic E-state index is -1.03. The molecule has 0 saturated carbocycles. The molecule has 3 aromatic rings. The van der Waals surface area contributed by atoms with E-state index in [1.807, 2.05) is 60.8 Å². The predicted molar refractivity (Wildman–Crippen MR) is 120 cm³/mol. The molecule has 0 radical (unpaired) electrons. The maximum Gasteiger partial charge on any atom is 0.341 e. The van der Waals surface area contributed by atoms with E-state index in [1.165, 1.54) is 11.1 Å². The Kier molecular flexibility index (Phi) is 4.43. The standard InChI is InChI=1S/C26H24N2O3/c1-16-13-22(21-15-28(18(3)29)23-12-8-7-11-20(21)23)26(14-17(16)2)25(30)31-24(27-26)19-9-5-4-6-10-19/h4-12,15,22H,13-14H2,1-3H3/t22-,26-/m1/s1. The normalized spacial score (nSPS) is 23.4. The van der Waals surface area contributed by atoms with Crippen molar-refractivity contribution in [2.24, 2.45) is 4.99 Å². The number of allylic oxidation sites excluding steroid dienone is 1. The summed E-state index contributed by atoms with van der Waals surface area (Å²) in [5.41, 5.74) is 4.01. The molecule has 2 aromatic carbocycles. The highest BCUT2D eigenvalue weighted by Crippen LogP contribution is 2.50. The fourth-order valence-corrected chi connectivity index (χ4v) is 4.90. The van der Waals surface area contributed by atoms with Crippen molar-refractivity contribution in [1.82, 2.24) is 4.57 Å². The zero-order valence-corrected chi connectivity index (χ0v) is 17.9. The summed E-state index contributed by atoms with van der Waals surface area (Å²) in [6, 6.07) is 17.4. The molecule has 2 aliphatic rings. The molecule has 156 valence electrons. The molecule has 0 amide bonds. The summed E-state index contributed by atoms with van der Waals surface area (Å²) < 4.78 is 7.42. The summed E-state index contributed by atoms with van der Waals surface area (Å²) in [6.45, 7) is 5.73. The predicted octanol–water partition coefficient (Wildman–Crippen LogP) is 5.26. The van der Waals surface area contributed by atoms with Gasteiger partial charge in [-0.05, 0) is 44.0 Å². The molecule has 2 heterocycles. The van der Waals surface area contributed by atoms with Gasteiger partial charge in [0.15, 0.2) is 5.54 Å². The molecule has 0 bridgehead atoms. The third kappa shape index (κ3) is 2.95. The molecular weight excluding hydrogens is 388 g/mol. The average Bonchev–Trinajstić information content (AvgIpc) is 3.31. The van der Waals surface area contributed by atoms with Crippen LogP contribution in [0.2, 0.25) is 0 Å². The highest BCUT2D eigenvalue weighted by molar-refractivity contribution is 6.09. The van der Waals surface area contributed by atoms with Crippen LogP contribution in [-0.2, 0) is 9.53 Å². The van der Waals surface area contributed by atoms with Gasteiger partial charge in [-0.2, -0.15) is 0 Å². The van der Waals surface area contributed by atoms with Gasteiger partial charge < -0.3 is 4.74 Å². The summed E-state index contributed by atoms with van der Waals surface area (Å²) in [5.74, 6) is -0.213. The Morgan fingerprint density at radius 2 is 1.77 bits per heavy atom. The van der Waals surface area contributed by atoms with Crippen molar-refractivity contribution >= 4 is 28.7 Å². The number of ether oxygens (including phenoxy) is 1. The zero-order chi connectivity index (χ0) is 21.8. The molecule has 5 heteroatoms. The molecule has 31 heavy (non-hydrogen) atoms. The molecule has 1 aliphatic carbocycles. The number of carbonyl (C=O) groups excluding carboxylic acids is 2. The lowest BCUT2D eigenvalue weighted by Gasteiger charge is -2.37. The van der Waals surface area contributed by atoms with Gasteiger partial charge in [-0.15, -0.1) is 0 Å². The fourth-order valence-electron chi connectivity index (χ4n) is 4.90. The minimum Gasteiger partial charge on any atom is -0.405 e. The third-order valence-electron chi connectivity index (χ3n) is 6.67. The number of carbonyl (C=O) groups is 2. The Hall–Kier alpha value is -3.47. The number of aliphatic imine (C=N–C) groups is 1. The van der Waals surface area contributed by atoms with Crippen LogP contribution < -0.4 is 0 Å². The first-order chi connectivity index (χ1) is 14.9. The minimum absolute atomic E-state index is 0.0572. The molecule has 5 nitrogen and oxygen atoms in total. The smallest absolute Gasteiger partial charge is 0.341 e. The summed E-state index contributed by atoms with van der Waals surface area (Å²) in [4.78, 5) is 30.7. The number of cyclic esters (lactones) is 1. The molecule has 5 rings (SSSR count). The number of para-hydroxylation sites is 1. The maximum atomic E-state index is 13.4. The highest BCUT2D eigenvalue weighted by atomic mass is 16.6. The summed E-state index contributed by atoms with van der Waals surface area (Å²) in [5, 5.41) is 0.977. The van der Waals surface area contributed by atoms with E-state index in [0.717, 1.165) is 22.0 Å². The van der Waals surface area contributed by atoms with Crippen LogP contribution in [0.15, 0.2) is 76.9 Å². The fraction of sp³-hybridized carbons (Fsp3) is 0.269. The molecule has 0 unspecified atom stereocenters. The van der Waals surface area contributed by atoms with E-state index in [-0.39, 0.29) is 17.8 Å². The lowest BCUT2D eigenvalue weighted by molar-refractivity contribution is -0.140. The molecule has 1 aliphatic heterocycles. The zero-order valence-electron chi connectivity index (χ0n) is 17.9. The van der Waals surface area contributed by atoms with Gasteiger partial charge in [0.25, 0.3) is 0 Å². The van der Waals surface area contributed by atoms with Crippen molar-refractivity contribution in [3.05, 3.63) is 83.1 Å². The van der Waals surface area contributed by atoms with Gasteiger partial charge in [-0.1, -0.05) is 47.5 Å². The van der Waals surface area contributed by atoms with Crippen LogP contribution in [0.4, 0.5) is 0 Å². The van der Waals surface area contributed by atoms with E-state index in [0.29, 0.717) is 18.7 Å². The van der Waals surface area contributed by atoms with Gasteiger partial charge in [0.05, 0.1) is 5.52 Å². The monoisotopic (exact) mass is 412 g/mol. The van der Waals surface area contributed by atoms with Crippen molar-refractivity contribution in [1.29, 1.82) is 0 Å². The quantitative estimate of drug-likeness (QED) is 0.426. The van der Waals surface area contributed by atoms with Crippen molar-refractivity contribution in [2.45, 2.75) is 45.1 Å². The molecule has 1 spiro atoms. The number of esters is 1. The van der Waals surface area contributed by atoms with Crippen molar-refractivity contribution < 1.29 is 14.3 Å². The van der Waals surface area contributed by atoms with Crippen LogP contribution in [0.3, 0.4) is 0 Å². The Morgan fingerprint density at radius 1 is 1.06 bits per heavy atom. The number of fused-ring (bicyclic) bond motifs is 1. The van der Waals surface area contributed by atoms with Gasteiger partial charge in [0.1, 0.15) is 0 Å². The first-order valence-corrected chi connectivity index (χ1v) is 10.5. The largest absolute Gasteiger partial charge is 0.405 e. The number of hydrogen-bond donors (Lipinski definition) is 0. The number of hydrogen-bond acceptors (Lipinski definition) is 4. The topological polar surface area (TPSA) is 60.7 Å². The van der Waals surface area contributed by atoms with Crippen LogP contribution in [0, 0.1) is 0 Å².